The molecule has 10 heteroatoms. The number of carbonyl (C=O) groups is 1. The molecule has 1 amide bonds. The van der Waals surface area contributed by atoms with Crippen LogP contribution in [-0.4, -0.2) is 45.6 Å². The second-order valence-electron chi connectivity index (χ2n) is 8.90. The van der Waals surface area contributed by atoms with Crippen molar-refractivity contribution < 1.29 is 21.9 Å². The van der Waals surface area contributed by atoms with E-state index in [2.05, 4.69) is 70.8 Å². The maximum absolute atomic E-state index is 12.0. The van der Waals surface area contributed by atoms with Crippen molar-refractivity contribution in [2.24, 2.45) is 0 Å². The molecule has 6 nitrogen and oxygen atoms in total. The van der Waals surface area contributed by atoms with Crippen molar-refractivity contribution in [2.75, 3.05) is 0 Å². The summed E-state index contributed by atoms with van der Waals surface area (Å²) in [6.45, 7) is 24.4. The highest BCUT2D eigenvalue weighted by Crippen LogP contribution is 2.31. The summed E-state index contributed by atoms with van der Waals surface area (Å²) >= 11 is 0. The van der Waals surface area contributed by atoms with E-state index in [9.17, 15) is 4.79 Å². The molecule has 0 bridgehead atoms. The minimum atomic E-state index is -3.26. The van der Waals surface area contributed by atoms with Crippen molar-refractivity contribution in [1.29, 1.82) is 0 Å². The molecule has 1 unspecified atom stereocenters. The minimum absolute atomic E-state index is 0.544. The van der Waals surface area contributed by atoms with Gasteiger partial charge in [-0.3, -0.25) is 5.32 Å². The number of rotatable bonds is 10. The van der Waals surface area contributed by atoms with E-state index in [1.54, 1.807) is 0 Å². The quantitative estimate of drug-likeness (QED) is 0.517. The summed E-state index contributed by atoms with van der Waals surface area (Å²) in [5.74, 6) is 0. The Labute approximate surface area is 158 Å². The zero-order chi connectivity index (χ0) is 20.1. The summed E-state index contributed by atoms with van der Waals surface area (Å²) in [4.78, 5) is 12.0. The number of carbonyl (C=O) groups excluding carboxylic acids is 1. The Bertz CT molecular complexity index is 414. The Morgan fingerprint density at radius 2 is 1.28 bits per heavy atom. The molecule has 148 valence electrons. The first-order chi connectivity index (χ1) is 11.0. The maximum atomic E-state index is 12.0. The van der Waals surface area contributed by atoms with Crippen molar-refractivity contribution in [3.05, 3.63) is 12.8 Å². The number of ether oxygens (including phenoxy) is 1. The van der Waals surface area contributed by atoms with E-state index in [4.69, 9.17) is 17.1 Å². The van der Waals surface area contributed by atoms with E-state index in [-0.39, 0.29) is 0 Å². The SMILES string of the molecule is C=CNC(=O)OC(CC)[Si](O[Si](C)(C)C)(O[Si](C)(C)C)O[Si](C)(C)C. The second kappa shape index (κ2) is 9.11. The molecule has 0 aromatic heterocycles. The number of hydrogen-bond acceptors (Lipinski definition) is 5. The molecule has 0 aromatic rings. The van der Waals surface area contributed by atoms with Gasteiger partial charge in [0.1, 0.15) is 0 Å². The van der Waals surface area contributed by atoms with Gasteiger partial charge in [-0.15, -0.1) is 0 Å². The molecule has 0 saturated heterocycles. The van der Waals surface area contributed by atoms with Gasteiger partial charge in [-0.2, -0.15) is 0 Å². The van der Waals surface area contributed by atoms with E-state index in [0.717, 1.165) is 0 Å². The fourth-order valence-corrected chi connectivity index (χ4v) is 16.4. The largest absolute Gasteiger partial charge is 0.512 e. The molecular weight excluding hydrogens is 387 g/mol. The molecule has 0 fully saturated rings. The average Bonchev–Trinajstić information content (AvgIpc) is 2.29. The fourth-order valence-electron chi connectivity index (χ4n) is 2.19. The summed E-state index contributed by atoms with van der Waals surface area (Å²) in [5.41, 5.74) is -0.544. The molecular formula is C15H37NO5Si4. The normalized spacial score (nSPS) is 14.8. The minimum Gasteiger partial charge on any atom is -0.442 e. The second-order valence-corrected chi connectivity index (χ2v) is 25.9. The number of hydrogen-bond donors (Lipinski definition) is 1. The van der Waals surface area contributed by atoms with Gasteiger partial charge < -0.3 is 17.1 Å². The highest BCUT2D eigenvalue weighted by atomic mass is 28.5. The summed E-state index contributed by atoms with van der Waals surface area (Å²) in [6, 6.07) is 0. The van der Waals surface area contributed by atoms with Crippen LogP contribution >= 0.6 is 0 Å². The van der Waals surface area contributed by atoms with E-state index in [1.165, 1.54) is 6.20 Å². The number of amides is 1. The van der Waals surface area contributed by atoms with Crippen LogP contribution < -0.4 is 5.32 Å². The molecule has 1 atom stereocenters. The predicted octanol–water partition coefficient (Wildman–Crippen LogP) is 4.67. The summed E-state index contributed by atoms with van der Waals surface area (Å²) < 4.78 is 25.4. The van der Waals surface area contributed by atoms with Crippen LogP contribution in [0.1, 0.15) is 13.3 Å². The van der Waals surface area contributed by atoms with Gasteiger partial charge in [0.05, 0.1) is 0 Å². The highest BCUT2D eigenvalue weighted by molar-refractivity contribution is 6.90. The molecule has 0 aromatic carbocycles. The first-order valence-electron chi connectivity index (χ1n) is 8.72. The van der Waals surface area contributed by atoms with Gasteiger partial charge in [0.2, 0.25) is 0 Å². The molecule has 0 heterocycles. The van der Waals surface area contributed by atoms with Crippen LogP contribution in [0.25, 0.3) is 0 Å². The van der Waals surface area contributed by atoms with Crippen molar-refractivity contribution in [3.8, 4) is 0 Å². The van der Waals surface area contributed by atoms with Crippen LogP contribution in [0.4, 0.5) is 4.79 Å². The Balaban J connectivity index is 6.06. The Hall–Kier alpha value is -0.242. The van der Waals surface area contributed by atoms with Gasteiger partial charge in [0.15, 0.2) is 30.7 Å². The highest BCUT2D eigenvalue weighted by Gasteiger charge is 2.57. The predicted molar refractivity (Wildman–Crippen MR) is 113 cm³/mol. The van der Waals surface area contributed by atoms with Crippen LogP contribution in [0, 0.1) is 0 Å². The molecule has 0 aliphatic carbocycles. The average molecular weight is 424 g/mol. The number of alkyl carbamates (subject to hydrolysis) is 1. The zero-order valence-electron chi connectivity index (χ0n) is 17.6. The molecule has 0 aliphatic rings. The van der Waals surface area contributed by atoms with E-state index in [1.807, 2.05) is 6.92 Å². The van der Waals surface area contributed by atoms with Gasteiger partial charge >= 0.3 is 14.9 Å². The summed E-state index contributed by atoms with van der Waals surface area (Å²) in [5, 5.41) is 2.46. The Morgan fingerprint density at radius 1 is 0.920 bits per heavy atom. The van der Waals surface area contributed by atoms with Crippen molar-refractivity contribution in [1.82, 2.24) is 5.32 Å². The standard InChI is InChI=1S/C15H37NO5Si4/c1-12-14(18-15(17)16-13-2)25(19-22(3,4)5,20-23(6,7)8)21-24(9,10)11/h13-14H,2,12H2,1,3-11H3,(H,16,17). The maximum Gasteiger partial charge on any atom is 0.512 e. The van der Waals surface area contributed by atoms with Crippen LogP contribution in [-0.2, 0) is 17.1 Å². The van der Waals surface area contributed by atoms with Gasteiger partial charge in [-0.05, 0) is 71.5 Å². The first kappa shape index (κ1) is 24.8. The van der Waals surface area contributed by atoms with Crippen molar-refractivity contribution in [3.63, 3.8) is 0 Å². The van der Waals surface area contributed by atoms with E-state index in [0.29, 0.717) is 6.42 Å². The lowest BCUT2D eigenvalue weighted by molar-refractivity contribution is 0.0873. The third-order valence-electron chi connectivity index (χ3n) is 2.58. The molecule has 0 saturated carbocycles. The molecule has 0 radical (unpaired) electrons. The molecule has 0 spiro atoms. The lowest BCUT2D eigenvalue weighted by Gasteiger charge is -2.45. The topological polar surface area (TPSA) is 66.0 Å². The van der Waals surface area contributed by atoms with Crippen molar-refractivity contribution in [2.45, 2.75) is 78.0 Å². The fraction of sp³-hybridized carbons (Fsp3) is 0.800. The van der Waals surface area contributed by atoms with Crippen LogP contribution in [0.15, 0.2) is 12.8 Å². The molecule has 25 heavy (non-hydrogen) atoms. The molecule has 0 aliphatic heterocycles. The monoisotopic (exact) mass is 423 g/mol. The lowest BCUT2D eigenvalue weighted by atomic mass is 10.5. The molecule has 0 rings (SSSR count). The van der Waals surface area contributed by atoms with E-state index >= 15 is 0 Å². The van der Waals surface area contributed by atoms with Gasteiger partial charge in [-0.1, -0.05) is 13.5 Å². The first-order valence-corrected chi connectivity index (χ1v) is 20.7. The van der Waals surface area contributed by atoms with Gasteiger partial charge in [0, 0.05) is 0 Å². The van der Waals surface area contributed by atoms with Crippen molar-refractivity contribution >= 4 is 39.8 Å². The summed E-state index contributed by atoms with van der Waals surface area (Å²) in [6.07, 6.45) is 1.31. The van der Waals surface area contributed by atoms with Crippen LogP contribution in [0.2, 0.25) is 58.9 Å². The molecule has 1 N–H and O–H groups in total. The Kier molecular flexibility index (Phi) is 9.02. The van der Waals surface area contributed by atoms with Crippen LogP contribution in [0.3, 0.4) is 0 Å². The zero-order valence-corrected chi connectivity index (χ0v) is 21.6. The Morgan fingerprint density at radius 3 is 1.52 bits per heavy atom. The third-order valence-corrected chi connectivity index (χ3v) is 14.7. The lowest BCUT2D eigenvalue weighted by Crippen LogP contribution is -2.67. The smallest absolute Gasteiger partial charge is 0.442 e. The summed E-state index contributed by atoms with van der Waals surface area (Å²) in [7, 11) is -9.30. The van der Waals surface area contributed by atoms with Crippen LogP contribution in [0.5, 0.6) is 0 Å². The van der Waals surface area contributed by atoms with Gasteiger partial charge in [0.25, 0.3) is 0 Å². The third kappa shape index (κ3) is 10.5. The van der Waals surface area contributed by atoms with E-state index < -0.39 is 45.6 Å². The number of nitrogens with one attached hydrogen (secondary N) is 1. The van der Waals surface area contributed by atoms with Gasteiger partial charge in [-0.25, -0.2) is 4.79 Å².